The smallest absolute Gasteiger partial charge is 0.341 e. The second kappa shape index (κ2) is 9.88. The van der Waals surface area contributed by atoms with Crippen LogP contribution in [-0.2, 0) is 14.3 Å². The van der Waals surface area contributed by atoms with Gasteiger partial charge in [-0.3, -0.25) is 9.36 Å². The molecule has 2 aromatic carbocycles. The highest BCUT2D eigenvalue weighted by atomic mass is 32.1. The lowest BCUT2D eigenvalue weighted by Crippen LogP contribution is -2.39. The maximum absolute atomic E-state index is 13.5. The van der Waals surface area contributed by atoms with Crippen molar-refractivity contribution < 1.29 is 24.2 Å². The van der Waals surface area contributed by atoms with E-state index >= 15 is 0 Å². The van der Waals surface area contributed by atoms with Crippen LogP contribution in [0.25, 0.3) is 6.08 Å². The third-order valence-corrected chi connectivity index (χ3v) is 6.16. The SMILES string of the molecule is CCOC(=O)C1=C(C)N=c2s/c(=C/c3ccc(OCC(=O)O)cc3)c(=O)n2[C@H]1c1ccccc1. The Balaban J connectivity index is 1.80. The average Bonchev–Trinajstić information content (AvgIpc) is 3.12. The fourth-order valence-electron chi connectivity index (χ4n) is 3.70. The minimum absolute atomic E-state index is 0.216. The Hall–Kier alpha value is -3.98. The molecule has 1 atom stereocenters. The first kappa shape index (κ1) is 23.2. The van der Waals surface area contributed by atoms with Gasteiger partial charge in [-0.2, -0.15) is 0 Å². The number of ether oxygens (including phenoxy) is 2. The number of esters is 1. The molecule has 0 fully saturated rings. The quantitative estimate of drug-likeness (QED) is 0.522. The van der Waals surface area contributed by atoms with E-state index < -0.39 is 24.6 Å². The van der Waals surface area contributed by atoms with Crippen molar-refractivity contribution in [3.05, 3.63) is 96.7 Å². The van der Waals surface area contributed by atoms with Gasteiger partial charge in [-0.1, -0.05) is 53.8 Å². The van der Waals surface area contributed by atoms with Crippen LogP contribution in [0.15, 0.2) is 75.7 Å². The Bertz CT molecular complexity index is 1440. The zero-order valence-electron chi connectivity index (χ0n) is 18.6. The van der Waals surface area contributed by atoms with Gasteiger partial charge in [0.05, 0.1) is 28.5 Å². The number of nitrogens with zero attached hydrogens (tertiary/aromatic N) is 2. The van der Waals surface area contributed by atoms with E-state index in [4.69, 9.17) is 14.6 Å². The highest BCUT2D eigenvalue weighted by molar-refractivity contribution is 7.07. The lowest BCUT2D eigenvalue weighted by Gasteiger charge is -2.24. The van der Waals surface area contributed by atoms with Crippen LogP contribution in [0, 0.1) is 0 Å². The monoisotopic (exact) mass is 478 g/mol. The molecule has 1 aliphatic heterocycles. The molecule has 0 unspecified atom stereocenters. The highest BCUT2D eigenvalue weighted by Gasteiger charge is 2.33. The average molecular weight is 479 g/mol. The molecule has 8 nitrogen and oxygen atoms in total. The molecule has 0 saturated carbocycles. The van der Waals surface area contributed by atoms with Crippen molar-refractivity contribution in [2.24, 2.45) is 4.99 Å². The number of thiazole rings is 1. The van der Waals surface area contributed by atoms with E-state index in [2.05, 4.69) is 4.99 Å². The number of rotatable bonds is 7. The van der Waals surface area contributed by atoms with Crippen LogP contribution in [0.5, 0.6) is 5.75 Å². The minimum atomic E-state index is -1.06. The summed E-state index contributed by atoms with van der Waals surface area (Å²) in [5, 5.41) is 8.73. The summed E-state index contributed by atoms with van der Waals surface area (Å²) in [6.07, 6.45) is 1.73. The Labute approximate surface area is 198 Å². The van der Waals surface area contributed by atoms with Crippen molar-refractivity contribution in [1.82, 2.24) is 4.57 Å². The number of carboxylic acids is 1. The third kappa shape index (κ3) is 4.69. The Morgan fingerprint density at radius 3 is 2.50 bits per heavy atom. The second-order valence-corrected chi connectivity index (χ2v) is 8.47. The third-order valence-electron chi connectivity index (χ3n) is 5.17. The summed E-state index contributed by atoms with van der Waals surface area (Å²) in [4.78, 5) is 42.0. The van der Waals surface area contributed by atoms with Crippen molar-refractivity contribution in [3.8, 4) is 5.75 Å². The molecular weight excluding hydrogens is 456 g/mol. The number of hydrogen-bond donors (Lipinski definition) is 1. The van der Waals surface area contributed by atoms with Gasteiger partial charge >= 0.3 is 11.9 Å². The molecule has 0 bridgehead atoms. The molecule has 1 aliphatic rings. The molecular formula is C25H22N2O6S. The molecule has 0 radical (unpaired) electrons. The minimum Gasteiger partial charge on any atom is -0.482 e. The number of carboxylic acid groups (broad SMARTS) is 1. The number of aliphatic carboxylic acids is 1. The van der Waals surface area contributed by atoms with E-state index in [-0.39, 0.29) is 12.2 Å². The van der Waals surface area contributed by atoms with E-state index in [9.17, 15) is 14.4 Å². The number of carbonyl (C=O) groups is 2. The molecule has 174 valence electrons. The van der Waals surface area contributed by atoms with Gasteiger partial charge in [0.25, 0.3) is 5.56 Å². The van der Waals surface area contributed by atoms with E-state index in [1.165, 1.54) is 15.9 Å². The van der Waals surface area contributed by atoms with Gasteiger partial charge in [0.15, 0.2) is 11.4 Å². The van der Waals surface area contributed by atoms with Crippen molar-refractivity contribution in [2.75, 3.05) is 13.2 Å². The molecule has 3 aromatic rings. The lowest BCUT2D eigenvalue weighted by atomic mass is 9.96. The molecule has 4 rings (SSSR count). The molecule has 0 amide bonds. The van der Waals surface area contributed by atoms with Gasteiger partial charge in [-0.05, 0) is 43.2 Å². The molecule has 0 aliphatic carbocycles. The maximum atomic E-state index is 13.5. The van der Waals surface area contributed by atoms with Gasteiger partial charge < -0.3 is 14.6 Å². The van der Waals surface area contributed by atoms with Crippen molar-refractivity contribution in [2.45, 2.75) is 19.9 Å². The number of hydrogen-bond acceptors (Lipinski definition) is 7. The van der Waals surface area contributed by atoms with Gasteiger partial charge in [0.1, 0.15) is 5.75 Å². The second-order valence-electron chi connectivity index (χ2n) is 7.46. The van der Waals surface area contributed by atoms with Crippen LogP contribution in [0.3, 0.4) is 0 Å². The Kier molecular flexibility index (Phi) is 6.74. The highest BCUT2D eigenvalue weighted by Crippen LogP contribution is 2.30. The van der Waals surface area contributed by atoms with Crippen molar-refractivity contribution in [1.29, 1.82) is 0 Å². The molecule has 2 heterocycles. The summed E-state index contributed by atoms with van der Waals surface area (Å²) >= 11 is 1.24. The van der Waals surface area contributed by atoms with E-state index in [1.807, 2.05) is 30.3 Å². The Morgan fingerprint density at radius 2 is 1.85 bits per heavy atom. The predicted octanol–water partition coefficient (Wildman–Crippen LogP) is 2.26. The van der Waals surface area contributed by atoms with Crippen molar-refractivity contribution in [3.63, 3.8) is 0 Å². The zero-order valence-corrected chi connectivity index (χ0v) is 19.4. The van der Waals surface area contributed by atoms with Crippen LogP contribution < -0.4 is 19.6 Å². The molecule has 9 heteroatoms. The van der Waals surface area contributed by atoms with E-state index in [0.29, 0.717) is 26.4 Å². The summed E-state index contributed by atoms with van der Waals surface area (Å²) in [5.74, 6) is -1.14. The first-order chi connectivity index (χ1) is 16.4. The van der Waals surface area contributed by atoms with Gasteiger partial charge in [-0.15, -0.1) is 0 Å². The zero-order chi connectivity index (χ0) is 24.2. The predicted molar refractivity (Wildman–Crippen MR) is 126 cm³/mol. The normalized spacial score (nSPS) is 15.5. The number of allylic oxidation sites excluding steroid dienone is 1. The topological polar surface area (TPSA) is 107 Å². The molecule has 1 N–H and O–H groups in total. The first-order valence-electron chi connectivity index (χ1n) is 10.6. The van der Waals surface area contributed by atoms with Gasteiger partial charge in [0.2, 0.25) is 0 Å². The fraction of sp³-hybridized carbons (Fsp3) is 0.200. The Morgan fingerprint density at radius 1 is 1.15 bits per heavy atom. The lowest BCUT2D eigenvalue weighted by molar-refractivity contribution is -0.140. The van der Waals surface area contributed by atoms with Crippen molar-refractivity contribution >= 4 is 29.4 Å². The molecule has 1 aromatic heterocycles. The van der Waals surface area contributed by atoms with Crippen LogP contribution in [0.1, 0.15) is 31.0 Å². The number of fused-ring (bicyclic) bond motifs is 1. The summed E-state index contributed by atoms with van der Waals surface area (Å²) in [7, 11) is 0. The van der Waals surface area contributed by atoms with Crippen LogP contribution in [0.2, 0.25) is 0 Å². The summed E-state index contributed by atoms with van der Waals surface area (Å²) in [6, 6.07) is 15.4. The van der Waals surface area contributed by atoms with Crippen LogP contribution in [-0.4, -0.2) is 34.8 Å². The maximum Gasteiger partial charge on any atom is 0.341 e. The first-order valence-corrected chi connectivity index (χ1v) is 11.4. The van der Waals surface area contributed by atoms with Crippen LogP contribution >= 0.6 is 11.3 Å². The van der Waals surface area contributed by atoms with E-state index in [1.54, 1.807) is 44.2 Å². The van der Waals surface area contributed by atoms with Gasteiger partial charge in [-0.25, -0.2) is 14.6 Å². The van der Waals surface area contributed by atoms with E-state index in [0.717, 1.165) is 11.1 Å². The fourth-order valence-corrected chi connectivity index (χ4v) is 4.75. The summed E-state index contributed by atoms with van der Waals surface area (Å²) in [6.45, 7) is 3.26. The number of aromatic nitrogens is 1. The largest absolute Gasteiger partial charge is 0.482 e. The summed E-state index contributed by atoms with van der Waals surface area (Å²) in [5.41, 5.74) is 2.11. The number of benzene rings is 2. The molecule has 0 saturated heterocycles. The van der Waals surface area contributed by atoms with Crippen LogP contribution in [0.4, 0.5) is 0 Å². The number of carbonyl (C=O) groups excluding carboxylic acids is 1. The molecule has 34 heavy (non-hydrogen) atoms. The summed E-state index contributed by atoms with van der Waals surface area (Å²) < 4.78 is 12.4. The standard InChI is InChI=1S/C25H22N2O6S/c1-3-32-24(31)21-15(2)26-25-27(22(21)17-7-5-4-6-8-17)23(30)19(34-25)13-16-9-11-18(12-10-16)33-14-20(28)29/h4-13,22H,3,14H2,1-2H3,(H,28,29)/b19-13+/t22-/m0/s1. The molecule has 0 spiro atoms. The van der Waals surface area contributed by atoms with Gasteiger partial charge in [0, 0.05) is 0 Å².